The molecule has 0 N–H and O–H groups in total. The molecule has 1 aliphatic heterocycles. The quantitative estimate of drug-likeness (QED) is 0.0968. The summed E-state index contributed by atoms with van der Waals surface area (Å²) < 4.78 is 55.2. The molecule has 0 radical (unpaired) electrons. The van der Waals surface area contributed by atoms with E-state index in [1.54, 1.807) is 0 Å². The molecule has 1 heterocycles. The van der Waals surface area contributed by atoms with Crippen molar-refractivity contribution in [1.82, 2.24) is 0 Å². The Morgan fingerprint density at radius 3 is 1.17 bits per heavy atom. The summed E-state index contributed by atoms with van der Waals surface area (Å²) in [5.41, 5.74) is 0. The Kier molecular flexibility index (Phi) is 32.1. The highest BCUT2D eigenvalue weighted by molar-refractivity contribution is 4.53. The summed E-state index contributed by atoms with van der Waals surface area (Å²) in [5, 5.41) is 0. The van der Waals surface area contributed by atoms with Crippen molar-refractivity contribution in [3.63, 3.8) is 0 Å². The maximum absolute atomic E-state index is 5.62. The topological polar surface area (TPSA) is 92.3 Å². The summed E-state index contributed by atoms with van der Waals surface area (Å²) in [6, 6.07) is 0. The van der Waals surface area contributed by atoms with Gasteiger partial charge in [0.15, 0.2) is 6.29 Å². The first-order chi connectivity index (χ1) is 20.4. The van der Waals surface area contributed by atoms with Crippen LogP contribution in [0.4, 0.5) is 0 Å². The molecule has 1 rings (SSSR count). The lowest BCUT2D eigenvalue weighted by atomic mass is 10.1. The zero-order valence-electron chi connectivity index (χ0n) is 26.2. The van der Waals surface area contributed by atoms with Gasteiger partial charge in [0.1, 0.15) is 0 Å². The number of unbranched alkanes of at least 4 members (excludes halogenated alkanes) is 7. The Labute approximate surface area is 250 Å². The van der Waals surface area contributed by atoms with Crippen LogP contribution in [0.15, 0.2) is 0 Å². The third kappa shape index (κ3) is 30.8. The van der Waals surface area contributed by atoms with Crippen LogP contribution >= 0.6 is 0 Å². The fourth-order valence-electron chi connectivity index (χ4n) is 4.06. The molecule has 41 heavy (non-hydrogen) atoms. The first-order valence-electron chi connectivity index (χ1n) is 16.3. The summed E-state index contributed by atoms with van der Waals surface area (Å²) >= 11 is 0. The molecular weight excluding hydrogens is 532 g/mol. The molecule has 0 amide bonds. The first-order valence-corrected chi connectivity index (χ1v) is 16.3. The van der Waals surface area contributed by atoms with E-state index in [4.69, 9.17) is 47.4 Å². The summed E-state index contributed by atoms with van der Waals surface area (Å²) in [4.78, 5) is 0. The van der Waals surface area contributed by atoms with Crippen molar-refractivity contribution < 1.29 is 47.4 Å². The lowest BCUT2D eigenvalue weighted by molar-refractivity contribution is -0.169. The molecule has 0 saturated carbocycles. The Balaban J connectivity index is 1.60. The predicted molar refractivity (Wildman–Crippen MR) is 159 cm³/mol. The van der Waals surface area contributed by atoms with Gasteiger partial charge in [-0.05, 0) is 25.7 Å². The van der Waals surface area contributed by atoms with E-state index in [9.17, 15) is 0 Å². The Bertz CT molecular complexity index is 480. The van der Waals surface area contributed by atoms with Crippen molar-refractivity contribution in [3.05, 3.63) is 0 Å². The second-order valence-corrected chi connectivity index (χ2v) is 10.0. The average Bonchev–Trinajstić information content (AvgIpc) is 3.00. The van der Waals surface area contributed by atoms with Gasteiger partial charge < -0.3 is 47.4 Å². The molecule has 1 unspecified atom stereocenters. The molecule has 10 heteroatoms. The largest absolute Gasteiger partial charge is 0.379 e. The van der Waals surface area contributed by atoms with E-state index in [1.165, 1.54) is 51.4 Å². The third-order valence-electron chi connectivity index (χ3n) is 6.42. The van der Waals surface area contributed by atoms with Crippen molar-refractivity contribution in [2.24, 2.45) is 0 Å². The summed E-state index contributed by atoms with van der Waals surface area (Å²) in [5.74, 6) is 0. The molecule has 0 aromatic heterocycles. The minimum atomic E-state index is -0.0574. The second kappa shape index (κ2) is 34.1. The SMILES string of the molecule is CCCCCCCCCCOCCOCCOCCOCCOCCOCCOCCOCCOC1CCCCO1. The van der Waals surface area contributed by atoms with Crippen molar-refractivity contribution in [2.45, 2.75) is 83.8 Å². The molecule has 1 fully saturated rings. The zero-order chi connectivity index (χ0) is 29.2. The lowest BCUT2D eigenvalue weighted by Crippen LogP contribution is -2.24. The third-order valence-corrected chi connectivity index (χ3v) is 6.42. The van der Waals surface area contributed by atoms with Crippen LogP contribution in [0.1, 0.15) is 77.6 Å². The maximum atomic E-state index is 5.62. The number of ether oxygens (including phenoxy) is 10. The van der Waals surface area contributed by atoms with Crippen LogP contribution in [-0.2, 0) is 47.4 Å². The van der Waals surface area contributed by atoms with Crippen molar-refractivity contribution in [2.75, 3.05) is 119 Å². The highest BCUT2D eigenvalue weighted by atomic mass is 16.7. The second-order valence-electron chi connectivity index (χ2n) is 10.0. The molecular formula is C31H62O10. The van der Waals surface area contributed by atoms with Crippen molar-refractivity contribution >= 4 is 0 Å². The van der Waals surface area contributed by atoms with Gasteiger partial charge in [-0.3, -0.25) is 0 Å². The minimum absolute atomic E-state index is 0.0574. The fraction of sp³-hybridized carbons (Fsp3) is 1.00. The molecule has 1 atom stereocenters. The monoisotopic (exact) mass is 594 g/mol. The van der Waals surface area contributed by atoms with Crippen LogP contribution in [0.2, 0.25) is 0 Å². The van der Waals surface area contributed by atoms with Crippen LogP contribution in [0.25, 0.3) is 0 Å². The zero-order valence-corrected chi connectivity index (χ0v) is 26.2. The van der Waals surface area contributed by atoms with E-state index in [2.05, 4.69) is 6.92 Å². The van der Waals surface area contributed by atoms with Gasteiger partial charge >= 0.3 is 0 Å². The molecule has 10 nitrogen and oxygen atoms in total. The molecule has 0 aromatic carbocycles. The maximum Gasteiger partial charge on any atom is 0.157 e. The standard InChI is InChI=1S/C31H62O10/c1-2-3-4-5-6-7-8-10-13-32-15-16-33-17-18-34-19-20-35-21-22-36-23-24-37-25-26-38-27-28-39-29-30-41-31-12-9-11-14-40-31/h31H,2-30H2,1H3. The van der Waals surface area contributed by atoms with E-state index in [0.717, 1.165) is 32.5 Å². The lowest BCUT2D eigenvalue weighted by Gasteiger charge is -2.22. The minimum Gasteiger partial charge on any atom is -0.379 e. The summed E-state index contributed by atoms with van der Waals surface area (Å²) in [6.45, 7) is 12.8. The van der Waals surface area contributed by atoms with E-state index in [1.807, 2.05) is 0 Å². The number of hydrogen-bond donors (Lipinski definition) is 0. The average molecular weight is 595 g/mol. The van der Waals surface area contributed by atoms with E-state index >= 15 is 0 Å². The summed E-state index contributed by atoms with van der Waals surface area (Å²) in [6.07, 6.45) is 13.8. The predicted octanol–water partition coefficient (Wildman–Crippen LogP) is 4.80. The molecule has 0 aliphatic carbocycles. The normalized spacial score (nSPS) is 15.6. The summed E-state index contributed by atoms with van der Waals surface area (Å²) in [7, 11) is 0. The first kappa shape index (κ1) is 38.6. The highest BCUT2D eigenvalue weighted by Crippen LogP contribution is 2.13. The van der Waals surface area contributed by atoms with Crippen LogP contribution in [-0.4, -0.2) is 125 Å². The smallest absolute Gasteiger partial charge is 0.157 e. The van der Waals surface area contributed by atoms with Crippen LogP contribution in [0.3, 0.4) is 0 Å². The van der Waals surface area contributed by atoms with Crippen LogP contribution < -0.4 is 0 Å². The van der Waals surface area contributed by atoms with E-state index in [0.29, 0.717) is 106 Å². The van der Waals surface area contributed by atoms with Crippen molar-refractivity contribution in [3.8, 4) is 0 Å². The van der Waals surface area contributed by atoms with E-state index in [-0.39, 0.29) is 6.29 Å². The van der Waals surface area contributed by atoms with Gasteiger partial charge in [-0.2, -0.15) is 0 Å². The van der Waals surface area contributed by atoms with Gasteiger partial charge in [-0.25, -0.2) is 0 Å². The molecule has 0 spiro atoms. The van der Waals surface area contributed by atoms with Gasteiger partial charge in [0.25, 0.3) is 0 Å². The molecule has 1 saturated heterocycles. The van der Waals surface area contributed by atoms with Gasteiger partial charge in [0, 0.05) is 13.2 Å². The van der Waals surface area contributed by atoms with Crippen molar-refractivity contribution in [1.29, 1.82) is 0 Å². The fourth-order valence-corrected chi connectivity index (χ4v) is 4.06. The highest BCUT2D eigenvalue weighted by Gasteiger charge is 2.13. The molecule has 1 aliphatic rings. The Morgan fingerprint density at radius 2 is 0.780 bits per heavy atom. The van der Waals surface area contributed by atoms with E-state index < -0.39 is 0 Å². The number of hydrogen-bond acceptors (Lipinski definition) is 10. The Morgan fingerprint density at radius 1 is 0.415 bits per heavy atom. The van der Waals surface area contributed by atoms with Gasteiger partial charge in [-0.1, -0.05) is 51.9 Å². The van der Waals surface area contributed by atoms with Crippen LogP contribution in [0.5, 0.6) is 0 Å². The molecule has 246 valence electrons. The molecule has 0 aromatic rings. The van der Waals surface area contributed by atoms with Gasteiger partial charge in [0.2, 0.25) is 0 Å². The van der Waals surface area contributed by atoms with Gasteiger partial charge in [-0.15, -0.1) is 0 Å². The van der Waals surface area contributed by atoms with Crippen LogP contribution in [0, 0.1) is 0 Å². The molecule has 0 bridgehead atoms. The number of rotatable bonds is 34. The Hall–Kier alpha value is -0.400. The van der Waals surface area contributed by atoms with Gasteiger partial charge in [0.05, 0.1) is 106 Å².